The number of methoxy groups -OCH3 is 1. The molecule has 1 amide bonds. The molecule has 1 aromatic heterocycles. The molecule has 1 atom stereocenters. The van der Waals surface area contributed by atoms with E-state index in [0.29, 0.717) is 16.8 Å². The molecule has 0 fully saturated rings. The molecule has 78 valence electrons. The summed E-state index contributed by atoms with van der Waals surface area (Å²) in [6.45, 7) is 2.36. The van der Waals surface area contributed by atoms with Gasteiger partial charge in [0.05, 0.1) is 18.4 Å². The van der Waals surface area contributed by atoms with Gasteiger partial charge in [0.1, 0.15) is 0 Å². The van der Waals surface area contributed by atoms with Gasteiger partial charge in [-0.2, -0.15) is 0 Å². The van der Waals surface area contributed by atoms with E-state index in [-0.39, 0.29) is 11.9 Å². The van der Waals surface area contributed by atoms with Gasteiger partial charge < -0.3 is 14.5 Å². The van der Waals surface area contributed by atoms with E-state index in [0.717, 1.165) is 0 Å². The van der Waals surface area contributed by atoms with Crippen molar-refractivity contribution in [2.45, 2.75) is 13.0 Å². The number of nitrogens with one attached hydrogen (secondary N) is 1. The van der Waals surface area contributed by atoms with Crippen LogP contribution in [0.4, 0.5) is 0 Å². The van der Waals surface area contributed by atoms with Crippen LogP contribution in [0.1, 0.15) is 17.3 Å². The summed E-state index contributed by atoms with van der Waals surface area (Å²) in [6.07, 6.45) is 1.46. The van der Waals surface area contributed by atoms with Crippen molar-refractivity contribution in [2.75, 3.05) is 13.7 Å². The molecule has 1 unspecified atom stereocenters. The van der Waals surface area contributed by atoms with Gasteiger partial charge >= 0.3 is 0 Å². The van der Waals surface area contributed by atoms with Crippen molar-refractivity contribution in [2.24, 2.45) is 0 Å². The van der Waals surface area contributed by atoms with Crippen LogP contribution in [0.3, 0.4) is 0 Å². The van der Waals surface area contributed by atoms with Crippen molar-refractivity contribution in [3.63, 3.8) is 0 Å². The Hall–Kier alpha value is -0.810. The van der Waals surface area contributed by atoms with Gasteiger partial charge in [-0.25, -0.2) is 0 Å². The average molecular weight is 262 g/mol. The lowest BCUT2D eigenvalue weighted by Gasteiger charge is -2.11. The molecule has 0 saturated carbocycles. The Bertz CT molecular complexity index is 311. The fourth-order valence-electron chi connectivity index (χ4n) is 1.05. The Morgan fingerprint density at radius 2 is 2.50 bits per heavy atom. The molecular formula is C9H12BrNO3. The summed E-state index contributed by atoms with van der Waals surface area (Å²) < 4.78 is 10.3. The van der Waals surface area contributed by atoms with Gasteiger partial charge in [0.15, 0.2) is 4.67 Å². The van der Waals surface area contributed by atoms with Crippen LogP contribution in [0.5, 0.6) is 0 Å². The number of carbonyl (C=O) groups is 1. The third-order valence-electron chi connectivity index (χ3n) is 1.66. The van der Waals surface area contributed by atoms with Crippen LogP contribution < -0.4 is 5.32 Å². The molecule has 1 N–H and O–H groups in total. The molecule has 0 aliphatic rings. The van der Waals surface area contributed by atoms with E-state index in [9.17, 15) is 4.79 Å². The monoisotopic (exact) mass is 261 g/mol. The number of hydrogen-bond donors (Lipinski definition) is 1. The summed E-state index contributed by atoms with van der Waals surface area (Å²) in [5.41, 5.74) is 0.493. The standard InChI is InChI=1S/C9H12BrNO3/c1-6(5-13-2)11-9(12)7-3-4-14-8(7)10/h3-4,6H,5H2,1-2H3,(H,11,12). The van der Waals surface area contributed by atoms with Gasteiger partial charge in [-0.05, 0) is 28.9 Å². The Kier molecular flexibility index (Phi) is 4.16. The van der Waals surface area contributed by atoms with Crippen LogP contribution in [0.2, 0.25) is 0 Å². The number of halogens is 1. The highest BCUT2D eigenvalue weighted by molar-refractivity contribution is 9.10. The highest BCUT2D eigenvalue weighted by atomic mass is 79.9. The lowest BCUT2D eigenvalue weighted by molar-refractivity contribution is 0.0904. The molecule has 1 heterocycles. The number of hydrogen-bond acceptors (Lipinski definition) is 3. The Morgan fingerprint density at radius 3 is 3.00 bits per heavy atom. The van der Waals surface area contributed by atoms with E-state index in [1.807, 2.05) is 6.92 Å². The Labute approximate surface area is 90.7 Å². The molecule has 4 nitrogen and oxygen atoms in total. The SMILES string of the molecule is COCC(C)NC(=O)c1ccoc1Br. The molecule has 0 bridgehead atoms. The van der Waals surface area contributed by atoms with Gasteiger partial charge in [0.25, 0.3) is 5.91 Å². The number of furan rings is 1. The van der Waals surface area contributed by atoms with Crippen molar-refractivity contribution in [3.05, 3.63) is 22.6 Å². The van der Waals surface area contributed by atoms with Crippen LogP contribution in [0.25, 0.3) is 0 Å². The molecule has 0 radical (unpaired) electrons. The molecular weight excluding hydrogens is 250 g/mol. The maximum atomic E-state index is 11.6. The maximum Gasteiger partial charge on any atom is 0.256 e. The normalized spacial score (nSPS) is 12.5. The van der Waals surface area contributed by atoms with Gasteiger partial charge in [-0.15, -0.1) is 0 Å². The number of ether oxygens (including phenoxy) is 1. The highest BCUT2D eigenvalue weighted by Crippen LogP contribution is 2.17. The zero-order chi connectivity index (χ0) is 10.6. The third-order valence-corrected chi connectivity index (χ3v) is 2.27. The number of carbonyl (C=O) groups excluding carboxylic acids is 1. The molecule has 5 heteroatoms. The van der Waals surface area contributed by atoms with E-state index in [4.69, 9.17) is 9.15 Å². The quantitative estimate of drug-likeness (QED) is 0.900. The molecule has 0 aliphatic carbocycles. The van der Waals surface area contributed by atoms with Crippen molar-refractivity contribution in [3.8, 4) is 0 Å². The first-order chi connectivity index (χ1) is 6.65. The van der Waals surface area contributed by atoms with E-state index in [1.165, 1.54) is 6.26 Å². The molecule has 0 saturated heterocycles. The van der Waals surface area contributed by atoms with Gasteiger partial charge in [0, 0.05) is 13.2 Å². The number of rotatable bonds is 4. The maximum absolute atomic E-state index is 11.6. The van der Waals surface area contributed by atoms with E-state index in [2.05, 4.69) is 21.2 Å². The number of amides is 1. The second-order valence-corrected chi connectivity index (χ2v) is 3.66. The minimum Gasteiger partial charge on any atom is -0.457 e. The van der Waals surface area contributed by atoms with Crippen LogP contribution in [0, 0.1) is 0 Å². The molecule has 0 aromatic carbocycles. The van der Waals surface area contributed by atoms with Gasteiger partial charge in [0.2, 0.25) is 0 Å². The molecule has 14 heavy (non-hydrogen) atoms. The minimum absolute atomic E-state index is 0.0192. The Morgan fingerprint density at radius 1 is 1.79 bits per heavy atom. The van der Waals surface area contributed by atoms with Crippen molar-refractivity contribution < 1.29 is 13.9 Å². The summed E-state index contributed by atoms with van der Waals surface area (Å²) in [5.74, 6) is -0.171. The first kappa shape index (κ1) is 11.3. The largest absolute Gasteiger partial charge is 0.457 e. The van der Waals surface area contributed by atoms with Crippen LogP contribution in [0.15, 0.2) is 21.4 Å². The second-order valence-electron chi connectivity index (χ2n) is 2.94. The summed E-state index contributed by atoms with van der Waals surface area (Å²) in [7, 11) is 1.59. The predicted molar refractivity (Wildman–Crippen MR) is 55.2 cm³/mol. The highest BCUT2D eigenvalue weighted by Gasteiger charge is 2.14. The second kappa shape index (κ2) is 5.17. The topological polar surface area (TPSA) is 51.5 Å². The summed E-state index contributed by atoms with van der Waals surface area (Å²) in [5, 5.41) is 2.77. The molecule has 0 spiro atoms. The minimum atomic E-state index is -0.171. The van der Waals surface area contributed by atoms with Crippen molar-refractivity contribution >= 4 is 21.8 Å². The zero-order valence-electron chi connectivity index (χ0n) is 8.04. The lowest BCUT2D eigenvalue weighted by Crippen LogP contribution is -2.35. The fourth-order valence-corrected chi connectivity index (χ4v) is 1.47. The van der Waals surface area contributed by atoms with Crippen molar-refractivity contribution in [1.29, 1.82) is 0 Å². The fraction of sp³-hybridized carbons (Fsp3) is 0.444. The average Bonchev–Trinajstić information content (AvgIpc) is 2.51. The van der Waals surface area contributed by atoms with Crippen molar-refractivity contribution in [1.82, 2.24) is 5.32 Å². The molecule has 1 rings (SSSR count). The van der Waals surface area contributed by atoms with E-state index < -0.39 is 0 Å². The first-order valence-electron chi connectivity index (χ1n) is 4.18. The lowest BCUT2D eigenvalue weighted by atomic mass is 10.3. The smallest absolute Gasteiger partial charge is 0.256 e. The first-order valence-corrected chi connectivity index (χ1v) is 4.97. The van der Waals surface area contributed by atoms with Crippen LogP contribution in [-0.2, 0) is 4.74 Å². The molecule has 1 aromatic rings. The van der Waals surface area contributed by atoms with Gasteiger partial charge in [-0.1, -0.05) is 0 Å². The van der Waals surface area contributed by atoms with E-state index in [1.54, 1.807) is 13.2 Å². The van der Waals surface area contributed by atoms with E-state index >= 15 is 0 Å². The van der Waals surface area contributed by atoms with Crippen LogP contribution in [-0.4, -0.2) is 25.7 Å². The Balaban J connectivity index is 2.55. The summed E-state index contributed by atoms with van der Waals surface area (Å²) in [4.78, 5) is 11.6. The van der Waals surface area contributed by atoms with Crippen LogP contribution >= 0.6 is 15.9 Å². The molecule has 0 aliphatic heterocycles. The summed E-state index contributed by atoms with van der Waals surface area (Å²) in [6, 6.07) is 1.59. The third kappa shape index (κ3) is 2.85. The van der Waals surface area contributed by atoms with Gasteiger partial charge in [-0.3, -0.25) is 4.79 Å². The zero-order valence-corrected chi connectivity index (χ0v) is 9.63. The summed E-state index contributed by atoms with van der Waals surface area (Å²) >= 11 is 3.14. The predicted octanol–water partition coefficient (Wildman–Crippen LogP) is 1.81.